The number of hydrogen-bond acceptors (Lipinski definition) is 6. The summed E-state index contributed by atoms with van der Waals surface area (Å²) >= 11 is 0. The number of rotatable bonds is 46. The molecule has 0 aliphatic carbocycles. The van der Waals surface area contributed by atoms with Gasteiger partial charge in [0.25, 0.3) is 0 Å². The summed E-state index contributed by atoms with van der Waals surface area (Å²) in [5, 5.41) is 0. The average Bonchev–Trinajstić information content (AvgIpc) is 3.28. The van der Waals surface area contributed by atoms with Gasteiger partial charge < -0.3 is 14.2 Å². The predicted molar refractivity (Wildman–Crippen MR) is 270 cm³/mol. The molecule has 0 N–H and O–H groups in total. The molecule has 0 radical (unpaired) electrons. The predicted octanol–water partition coefficient (Wildman–Crippen LogP) is 17.2. The Labute approximate surface area is 388 Å². The molecule has 0 aromatic carbocycles. The third-order valence-corrected chi connectivity index (χ3v) is 10.9. The molecular formula is C57H96O6. The monoisotopic (exact) mass is 877 g/mol. The lowest BCUT2D eigenvalue weighted by atomic mass is 10.1. The first kappa shape index (κ1) is 59.6. The number of carbonyl (C=O) groups is 3. The molecule has 0 amide bonds. The van der Waals surface area contributed by atoms with E-state index in [1.54, 1.807) is 0 Å². The van der Waals surface area contributed by atoms with Crippen LogP contribution in [0.4, 0.5) is 0 Å². The van der Waals surface area contributed by atoms with Crippen LogP contribution < -0.4 is 0 Å². The van der Waals surface area contributed by atoms with E-state index in [9.17, 15) is 14.4 Å². The number of carbonyl (C=O) groups excluding carboxylic acids is 3. The van der Waals surface area contributed by atoms with Crippen molar-refractivity contribution in [2.75, 3.05) is 13.2 Å². The Kier molecular flexibility index (Phi) is 48.5. The van der Waals surface area contributed by atoms with Crippen LogP contribution in [0.3, 0.4) is 0 Å². The highest BCUT2D eigenvalue weighted by atomic mass is 16.6. The van der Waals surface area contributed by atoms with Crippen molar-refractivity contribution in [3.8, 4) is 0 Å². The fraction of sp³-hybridized carbons (Fsp3) is 0.702. The molecule has 0 aromatic rings. The molecule has 1 atom stereocenters. The molecule has 6 heteroatoms. The Morgan fingerprint density at radius 2 is 0.683 bits per heavy atom. The molecule has 1 unspecified atom stereocenters. The molecule has 0 spiro atoms. The highest BCUT2D eigenvalue weighted by molar-refractivity contribution is 5.71. The van der Waals surface area contributed by atoms with E-state index in [-0.39, 0.29) is 31.1 Å². The largest absolute Gasteiger partial charge is 0.462 e. The second kappa shape index (κ2) is 51.2. The summed E-state index contributed by atoms with van der Waals surface area (Å²) in [6, 6.07) is 0. The Morgan fingerprint density at radius 1 is 0.349 bits per heavy atom. The van der Waals surface area contributed by atoms with Crippen LogP contribution in [0, 0.1) is 0 Å². The van der Waals surface area contributed by atoms with E-state index in [0.717, 1.165) is 128 Å². The fourth-order valence-corrected chi connectivity index (χ4v) is 6.98. The summed E-state index contributed by atoms with van der Waals surface area (Å²) < 4.78 is 16.8. The maximum absolute atomic E-state index is 12.8. The highest BCUT2D eigenvalue weighted by Gasteiger charge is 2.19. The summed E-state index contributed by atoms with van der Waals surface area (Å²) in [6.07, 6.45) is 65.6. The molecular weight excluding hydrogens is 781 g/mol. The fourth-order valence-electron chi connectivity index (χ4n) is 6.98. The van der Waals surface area contributed by atoms with Crippen molar-refractivity contribution in [2.45, 2.75) is 245 Å². The lowest BCUT2D eigenvalue weighted by molar-refractivity contribution is -0.167. The van der Waals surface area contributed by atoms with Crippen molar-refractivity contribution in [1.82, 2.24) is 0 Å². The highest BCUT2D eigenvalue weighted by Crippen LogP contribution is 2.13. The van der Waals surface area contributed by atoms with E-state index in [4.69, 9.17) is 14.2 Å². The van der Waals surface area contributed by atoms with Crippen LogP contribution in [0.2, 0.25) is 0 Å². The molecule has 0 saturated carbocycles. The molecule has 0 aliphatic rings. The van der Waals surface area contributed by atoms with Crippen LogP contribution in [0.5, 0.6) is 0 Å². The first-order valence-electron chi connectivity index (χ1n) is 26.1. The maximum atomic E-state index is 12.8. The standard InChI is InChI=1S/C57H96O6/c1-4-7-10-13-16-19-22-25-27-28-29-30-33-35-38-41-44-47-50-56(59)62-53-54(52-61-55(58)49-46-43-40-37-34-31-24-21-18-15-12-9-6-3)63-57(60)51-48-45-42-39-36-32-26-23-20-17-14-11-8-5-2/h8,11,17,20,22,25-32,34,54H,4-7,9-10,12-16,18-19,21,23-24,33,35-53H2,1-3H3/b11-8-,20-17-,25-22-,28-27-,30-29-,32-26-,34-31-. The van der Waals surface area contributed by atoms with Crippen molar-refractivity contribution in [1.29, 1.82) is 0 Å². The van der Waals surface area contributed by atoms with Gasteiger partial charge in [0.1, 0.15) is 13.2 Å². The molecule has 0 aliphatic heterocycles. The number of ether oxygens (including phenoxy) is 3. The smallest absolute Gasteiger partial charge is 0.306 e. The van der Waals surface area contributed by atoms with Crippen LogP contribution in [0.25, 0.3) is 0 Å². The molecule has 0 aromatic heterocycles. The van der Waals surface area contributed by atoms with Crippen molar-refractivity contribution < 1.29 is 28.6 Å². The number of unbranched alkanes of at least 4 members (excludes halogenated alkanes) is 23. The van der Waals surface area contributed by atoms with E-state index < -0.39 is 6.10 Å². The molecule has 6 nitrogen and oxygen atoms in total. The average molecular weight is 877 g/mol. The van der Waals surface area contributed by atoms with Gasteiger partial charge >= 0.3 is 17.9 Å². The Bertz CT molecular complexity index is 1240. The van der Waals surface area contributed by atoms with Crippen molar-refractivity contribution in [3.05, 3.63) is 85.1 Å². The van der Waals surface area contributed by atoms with E-state index in [1.807, 2.05) is 0 Å². The van der Waals surface area contributed by atoms with Gasteiger partial charge in [0, 0.05) is 19.3 Å². The van der Waals surface area contributed by atoms with Gasteiger partial charge in [-0.3, -0.25) is 14.4 Å². The number of allylic oxidation sites excluding steroid dienone is 14. The lowest BCUT2D eigenvalue weighted by Crippen LogP contribution is -2.30. The summed E-state index contributed by atoms with van der Waals surface area (Å²) in [5.74, 6) is -0.959. The van der Waals surface area contributed by atoms with Gasteiger partial charge in [-0.05, 0) is 103 Å². The molecule has 0 fully saturated rings. The Balaban J connectivity index is 4.47. The van der Waals surface area contributed by atoms with E-state index in [0.29, 0.717) is 19.3 Å². The minimum atomic E-state index is -0.803. The molecule has 63 heavy (non-hydrogen) atoms. The minimum Gasteiger partial charge on any atom is -0.462 e. The van der Waals surface area contributed by atoms with Crippen LogP contribution in [-0.2, 0) is 28.6 Å². The van der Waals surface area contributed by atoms with Crippen LogP contribution >= 0.6 is 0 Å². The lowest BCUT2D eigenvalue weighted by Gasteiger charge is -2.18. The zero-order valence-electron chi connectivity index (χ0n) is 41.1. The minimum absolute atomic E-state index is 0.101. The van der Waals surface area contributed by atoms with Crippen molar-refractivity contribution in [3.63, 3.8) is 0 Å². The summed E-state index contributed by atoms with van der Waals surface area (Å²) in [7, 11) is 0. The Hall–Kier alpha value is -3.41. The molecule has 0 rings (SSSR count). The van der Waals surface area contributed by atoms with Gasteiger partial charge in [-0.15, -0.1) is 0 Å². The second-order valence-corrected chi connectivity index (χ2v) is 17.1. The van der Waals surface area contributed by atoms with Crippen LogP contribution in [0.1, 0.15) is 239 Å². The normalized spacial score (nSPS) is 12.7. The first-order valence-corrected chi connectivity index (χ1v) is 26.1. The second-order valence-electron chi connectivity index (χ2n) is 17.1. The topological polar surface area (TPSA) is 78.9 Å². The van der Waals surface area contributed by atoms with Crippen molar-refractivity contribution in [2.24, 2.45) is 0 Å². The summed E-state index contributed by atoms with van der Waals surface area (Å²) in [5.41, 5.74) is 0. The van der Waals surface area contributed by atoms with E-state index >= 15 is 0 Å². The van der Waals surface area contributed by atoms with Crippen molar-refractivity contribution >= 4 is 17.9 Å². The van der Waals surface area contributed by atoms with E-state index in [2.05, 4.69) is 106 Å². The van der Waals surface area contributed by atoms with Gasteiger partial charge in [-0.25, -0.2) is 0 Å². The van der Waals surface area contributed by atoms with E-state index in [1.165, 1.54) is 70.6 Å². The zero-order chi connectivity index (χ0) is 45.8. The maximum Gasteiger partial charge on any atom is 0.306 e. The van der Waals surface area contributed by atoms with Gasteiger partial charge in [-0.1, -0.05) is 202 Å². The zero-order valence-corrected chi connectivity index (χ0v) is 41.1. The molecule has 360 valence electrons. The van der Waals surface area contributed by atoms with Gasteiger partial charge in [0.05, 0.1) is 0 Å². The third-order valence-electron chi connectivity index (χ3n) is 10.9. The molecule has 0 bridgehead atoms. The number of esters is 3. The van der Waals surface area contributed by atoms with Gasteiger partial charge in [0.15, 0.2) is 6.10 Å². The Morgan fingerprint density at radius 3 is 1.13 bits per heavy atom. The first-order chi connectivity index (χ1) is 31.0. The van der Waals surface area contributed by atoms with Crippen LogP contribution in [0.15, 0.2) is 85.1 Å². The molecule has 0 heterocycles. The summed E-state index contributed by atoms with van der Waals surface area (Å²) in [4.78, 5) is 38.0. The number of hydrogen-bond donors (Lipinski definition) is 0. The quantitative estimate of drug-likeness (QED) is 0.0199. The van der Waals surface area contributed by atoms with Gasteiger partial charge in [-0.2, -0.15) is 0 Å². The van der Waals surface area contributed by atoms with Crippen LogP contribution in [-0.4, -0.2) is 37.2 Å². The third kappa shape index (κ3) is 49.5. The van der Waals surface area contributed by atoms with Gasteiger partial charge in [0.2, 0.25) is 0 Å². The summed E-state index contributed by atoms with van der Waals surface area (Å²) in [6.45, 7) is 6.45. The SMILES string of the molecule is CC/C=C\C/C=C\C/C=C\CCCCCCC(=O)OC(COC(=O)CCCCC/C=C\CCCCCCCC)COC(=O)CCCCCCC\C=C/C=C\C=C/CCCCCCC. The molecule has 0 saturated heterocycles.